The normalized spacial score (nSPS) is 20.1. The Morgan fingerprint density at radius 1 is 0.818 bits per heavy atom. The summed E-state index contributed by atoms with van der Waals surface area (Å²) in [7, 11) is 0. The van der Waals surface area contributed by atoms with Gasteiger partial charge in [-0.2, -0.15) is 0 Å². The average molecular weight is 755 g/mol. The Morgan fingerprint density at radius 3 is 2.15 bits per heavy atom. The minimum absolute atomic E-state index is 0.0213. The maximum absolute atomic E-state index is 13.8. The number of unbranched alkanes of at least 4 members (excludes halogenated alkanes) is 1. The third-order valence-corrected chi connectivity index (χ3v) is 9.66. The lowest BCUT2D eigenvalue weighted by atomic mass is 9.92. The second-order valence-electron chi connectivity index (χ2n) is 13.8. The summed E-state index contributed by atoms with van der Waals surface area (Å²) in [5.74, 6) is -2.04. The van der Waals surface area contributed by atoms with Crippen LogP contribution in [0.3, 0.4) is 0 Å². The van der Waals surface area contributed by atoms with Gasteiger partial charge in [-0.3, -0.25) is 9.59 Å². The standard InChI is InChI=1S/C42H50N4O9/c47-26-36-23-32-17-7-8-19-34(32)25-46(36)38(48)24-33-18-9-10-21-37(45-42(52)55-28-31-15-5-2-6-16-31)40(50)53-29-35(44-39(33)49)20-11-12-22-43-41(51)54-27-30-13-3-1-4-14-30/h1-10,13-17,19,33,35-37,47H,11-12,18,20-29H2,(H,43,51)(H,44,49)(H,45,52). The van der Waals surface area contributed by atoms with Crippen LogP contribution in [0, 0.1) is 5.92 Å². The van der Waals surface area contributed by atoms with Gasteiger partial charge < -0.3 is 40.2 Å². The Hall–Kier alpha value is -5.69. The monoisotopic (exact) mass is 754 g/mol. The molecule has 13 nitrogen and oxygen atoms in total. The molecule has 4 amide bonds. The van der Waals surface area contributed by atoms with E-state index in [0.717, 1.165) is 22.3 Å². The van der Waals surface area contributed by atoms with Crippen molar-refractivity contribution >= 4 is 30.0 Å². The van der Waals surface area contributed by atoms with Crippen LogP contribution in [-0.2, 0) is 54.8 Å². The zero-order valence-electron chi connectivity index (χ0n) is 30.9. The van der Waals surface area contributed by atoms with Gasteiger partial charge in [-0.25, -0.2) is 14.4 Å². The van der Waals surface area contributed by atoms with Gasteiger partial charge in [0.2, 0.25) is 11.8 Å². The lowest BCUT2D eigenvalue weighted by Gasteiger charge is -2.36. The summed E-state index contributed by atoms with van der Waals surface area (Å²) in [5.41, 5.74) is 3.75. The molecule has 4 N–H and O–H groups in total. The highest BCUT2D eigenvalue weighted by molar-refractivity contribution is 5.86. The molecule has 0 saturated carbocycles. The van der Waals surface area contributed by atoms with Gasteiger partial charge in [0.05, 0.1) is 24.6 Å². The van der Waals surface area contributed by atoms with E-state index in [4.69, 9.17) is 14.2 Å². The molecule has 0 aromatic heterocycles. The topological polar surface area (TPSA) is 173 Å². The molecule has 0 bridgehead atoms. The molecular weight excluding hydrogens is 704 g/mol. The number of carbonyl (C=O) groups excluding carboxylic acids is 5. The zero-order chi connectivity index (χ0) is 38.8. The summed E-state index contributed by atoms with van der Waals surface area (Å²) < 4.78 is 16.3. The Balaban J connectivity index is 1.21. The number of aliphatic hydroxyl groups excluding tert-OH is 1. The summed E-state index contributed by atoms with van der Waals surface area (Å²) >= 11 is 0. The first kappa shape index (κ1) is 40.5. The number of allylic oxidation sites excluding steroid dienone is 1. The van der Waals surface area contributed by atoms with E-state index >= 15 is 0 Å². The maximum atomic E-state index is 13.8. The number of hydrogen-bond acceptors (Lipinski definition) is 9. The van der Waals surface area contributed by atoms with E-state index in [9.17, 15) is 29.1 Å². The Kier molecular flexibility index (Phi) is 15.7. The maximum Gasteiger partial charge on any atom is 0.408 e. The molecule has 13 heteroatoms. The minimum atomic E-state index is -1.06. The van der Waals surface area contributed by atoms with Crippen molar-refractivity contribution < 1.29 is 43.3 Å². The molecule has 3 aromatic rings. The van der Waals surface area contributed by atoms with Gasteiger partial charge in [-0.15, -0.1) is 0 Å². The zero-order valence-corrected chi connectivity index (χ0v) is 30.9. The summed E-state index contributed by atoms with van der Waals surface area (Å²) in [6.07, 6.45) is 4.31. The number of rotatable bonds is 13. The van der Waals surface area contributed by atoms with Crippen molar-refractivity contribution in [1.29, 1.82) is 0 Å². The first-order valence-corrected chi connectivity index (χ1v) is 18.8. The fraction of sp³-hybridized carbons (Fsp3) is 0.405. The van der Waals surface area contributed by atoms with Gasteiger partial charge in [0.1, 0.15) is 25.9 Å². The predicted octanol–water partition coefficient (Wildman–Crippen LogP) is 4.71. The number of hydrogen-bond donors (Lipinski definition) is 4. The third-order valence-electron chi connectivity index (χ3n) is 9.66. The van der Waals surface area contributed by atoms with Crippen LogP contribution in [0.5, 0.6) is 0 Å². The Morgan fingerprint density at radius 2 is 1.45 bits per heavy atom. The van der Waals surface area contributed by atoms with E-state index in [1.807, 2.05) is 84.9 Å². The minimum Gasteiger partial charge on any atom is -0.462 e. The van der Waals surface area contributed by atoms with E-state index < -0.39 is 42.2 Å². The number of esters is 1. The van der Waals surface area contributed by atoms with Crippen LogP contribution in [0.15, 0.2) is 97.1 Å². The molecule has 55 heavy (non-hydrogen) atoms. The number of benzene rings is 3. The van der Waals surface area contributed by atoms with E-state index in [1.165, 1.54) is 0 Å². The number of ether oxygens (including phenoxy) is 3. The number of carbonyl (C=O) groups is 5. The number of nitrogens with one attached hydrogen (secondary N) is 3. The molecular formula is C42H50N4O9. The van der Waals surface area contributed by atoms with Crippen molar-refractivity contribution in [3.63, 3.8) is 0 Å². The van der Waals surface area contributed by atoms with E-state index in [2.05, 4.69) is 16.0 Å². The number of fused-ring (bicyclic) bond motifs is 1. The summed E-state index contributed by atoms with van der Waals surface area (Å²) in [4.78, 5) is 67.4. The third kappa shape index (κ3) is 13.0. The van der Waals surface area contributed by atoms with E-state index in [1.54, 1.807) is 17.1 Å². The van der Waals surface area contributed by atoms with Crippen molar-refractivity contribution in [3.8, 4) is 0 Å². The molecule has 0 aliphatic carbocycles. The molecule has 0 fully saturated rings. The van der Waals surface area contributed by atoms with Crippen LogP contribution in [0.2, 0.25) is 0 Å². The quantitative estimate of drug-likeness (QED) is 0.0835. The van der Waals surface area contributed by atoms with Gasteiger partial charge in [-0.05, 0) is 60.8 Å². The number of nitrogens with zero attached hydrogens (tertiary/aromatic N) is 1. The molecule has 0 radical (unpaired) electrons. The van der Waals surface area contributed by atoms with E-state index in [-0.39, 0.29) is 57.5 Å². The fourth-order valence-electron chi connectivity index (χ4n) is 6.55. The van der Waals surface area contributed by atoms with Crippen LogP contribution in [0.4, 0.5) is 9.59 Å². The molecule has 292 valence electrons. The first-order valence-electron chi connectivity index (χ1n) is 18.8. The number of cyclic esters (lactones) is 1. The van der Waals surface area contributed by atoms with Gasteiger partial charge in [0, 0.05) is 19.5 Å². The highest BCUT2D eigenvalue weighted by atomic mass is 16.6. The lowest BCUT2D eigenvalue weighted by Crippen LogP contribution is -2.48. The van der Waals surface area contributed by atoms with Crippen molar-refractivity contribution in [2.75, 3.05) is 19.8 Å². The van der Waals surface area contributed by atoms with Crippen LogP contribution < -0.4 is 16.0 Å². The van der Waals surface area contributed by atoms with Gasteiger partial charge in [0.15, 0.2) is 0 Å². The first-order chi connectivity index (χ1) is 26.8. The lowest BCUT2D eigenvalue weighted by molar-refractivity contribution is -0.147. The molecule has 2 heterocycles. The molecule has 2 aliphatic rings. The van der Waals surface area contributed by atoms with Crippen molar-refractivity contribution in [1.82, 2.24) is 20.9 Å². The molecule has 0 saturated heterocycles. The Bertz CT molecular complexity index is 1750. The van der Waals surface area contributed by atoms with Gasteiger partial charge >= 0.3 is 18.2 Å². The van der Waals surface area contributed by atoms with Crippen LogP contribution in [0.25, 0.3) is 0 Å². The molecule has 4 unspecified atom stereocenters. The molecule has 0 spiro atoms. The number of aliphatic hydroxyl groups is 1. The summed E-state index contributed by atoms with van der Waals surface area (Å²) in [6.45, 7) is 0.466. The SMILES string of the molecule is O=C(NCCCCC1COC(=O)C(NC(=O)OCc2ccccc2)CC=CCC(CC(=O)N2Cc3ccccc3CC2CO)C(=O)N1)OCc1ccccc1. The smallest absolute Gasteiger partial charge is 0.408 e. The van der Waals surface area contributed by atoms with Crippen LogP contribution in [-0.4, -0.2) is 77.9 Å². The predicted molar refractivity (Wildman–Crippen MR) is 203 cm³/mol. The van der Waals surface area contributed by atoms with Gasteiger partial charge in [0.25, 0.3) is 0 Å². The molecule has 4 atom stereocenters. The van der Waals surface area contributed by atoms with Crippen molar-refractivity contribution in [2.45, 2.75) is 82.8 Å². The Labute approximate surface area is 321 Å². The second kappa shape index (κ2) is 21.3. The van der Waals surface area contributed by atoms with Crippen molar-refractivity contribution in [2.24, 2.45) is 5.92 Å². The number of alkyl carbamates (subject to hydrolysis) is 2. The average Bonchev–Trinajstić information content (AvgIpc) is 3.21. The molecule has 5 rings (SSSR count). The highest BCUT2D eigenvalue weighted by Gasteiger charge is 2.33. The summed E-state index contributed by atoms with van der Waals surface area (Å²) in [6, 6.07) is 24.2. The number of amides is 4. The second-order valence-corrected chi connectivity index (χ2v) is 13.8. The van der Waals surface area contributed by atoms with Crippen LogP contribution >= 0.6 is 0 Å². The van der Waals surface area contributed by atoms with Gasteiger partial charge in [-0.1, -0.05) is 97.1 Å². The fourth-order valence-corrected chi connectivity index (χ4v) is 6.55. The molecule has 2 aliphatic heterocycles. The summed E-state index contributed by atoms with van der Waals surface area (Å²) in [5, 5.41) is 18.5. The highest BCUT2D eigenvalue weighted by Crippen LogP contribution is 2.25. The van der Waals surface area contributed by atoms with Crippen LogP contribution in [0.1, 0.15) is 60.8 Å². The molecule has 3 aromatic carbocycles. The van der Waals surface area contributed by atoms with E-state index in [0.29, 0.717) is 38.8 Å². The largest absolute Gasteiger partial charge is 0.462 e. The van der Waals surface area contributed by atoms with Crippen molar-refractivity contribution in [3.05, 3.63) is 119 Å².